The Morgan fingerprint density at radius 2 is 1.72 bits per heavy atom. The molecular formula is C23H36N2O4. The van der Waals surface area contributed by atoms with Gasteiger partial charge in [0.25, 0.3) is 5.91 Å². The number of carbonyl (C=O) groups excluding carboxylic acids is 4. The highest BCUT2D eigenvalue weighted by atomic mass is 16.2. The molecule has 6 heteroatoms. The number of nitrogens with two attached hydrogens (primary N) is 1. The number of carbonyl (C=O) groups is 4. The number of Topliss-reactive ketones (excluding diaryl/α,β-unsaturated/α-hetero) is 2. The van der Waals surface area contributed by atoms with Gasteiger partial charge >= 0.3 is 0 Å². The van der Waals surface area contributed by atoms with Crippen molar-refractivity contribution in [3.05, 3.63) is 0 Å². The summed E-state index contributed by atoms with van der Waals surface area (Å²) >= 11 is 0. The van der Waals surface area contributed by atoms with Crippen molar-refractivity contribution in [1.29, 1.82) is 0 Å². The van der Waals surface area contributed by atoms with Gasteiger partial charge in [0.1, 0.15) is 0 Å². The number of fused-ring (bicyclic) bond motifs is 1. The second-order valence-electron chi connectivity index (χ2n) is 11.3. The zero-order valence-corrected chi connectivity index (χ0v) is 18.7. The van der Waals surface area contributed by atoms with Crippen LogP contribution in [0, 0.1) is 40.4 Å². The van der Waals surface area contributed by atoms with E-state index in [9.17, 15) is 19.2 Å². The highest BCUT2D eigenvalue weighted by Crippen LogP contribution is 2.65. The maximum atomic E-state index is 13.4. The molecule has 2 amide bonds. The highest BCUT2D eigenvalue weighted by Gasteiger charge is 2.69. The summed E-state index contributed by atoms with van der Waals surface area (Å²) in [5, 5.41) is 0. The lowest BCUT2D eigenvalue weighted by Crippen LogP contribution is -2.50. The first-order chi connectivity index (χ1) is 13.3. The predicted molar refractivity (Wildman–Crippen MR) is 110 cm³/mol. The summed E-state index contributed by atoms with van der Waals surface area (Å²) in [5.74, 6) is -1.67. The van der Waals surface area contributed by atoms with Gasteiger partial charge in [-0.1, -0.05) is 54.4 Å². The lowest BCUT2D eigenvalue weighted by atomic mass is 9.80. The minimum Gasteiger partial charge on any atom is -0.363 e. The number of amides is 2. The molecule has 0 spiro atoms. The molecule has 0 bridgehead atoms. The van der Waals surface area contributed by atoms with Gasteiger partial charge < -0.3 is 10.6 Å². The van der Waals surface area contributed by atoms with Gasteiger partial charge in [0.2, 0.25) is 11.7 Å². The van der Waals surface area contributed by atoms with Crippen LogP contribution in [0.4, 0.5) is 0 Å². The van der Waals surface area contributed by atoms with Crippen LogP contribution in [0.3, 0.4) is 0 Å². The molecule has 5 atom stereocenters. The van der Waals surface area contributed by atoms with E-state index in [4.69, 9.17) is 5.73 Å². The van der Waals surface area contributed by atoms with Crippen molar-refractivity contribution >= 4 is 23.4 Å². The van der Waals surface area contributed by atoms with Crippen LogP contribution in [0.25, 0.3) is 0 Å². The van der Waals surface area contributed by atoms with E-state index in [-0.39, 0.29) is 40.8 Å². The molecule has 162 valence electrons. The number of ketones is 2. The number of nitrogens with zero attached hydrogens (tertiary/aromatic N) is 1. The van der Waals surface area contributed by atoms with E-state index < -0.39 is 23.7 Å². The van der Waals surface area contributed by atoms with Gasteiger partial charge in [0, 0.05) is 24.8 Å². The molecule has 3 fully saturated rings. The lowest BCUT2D eigenvalue weighted by molar-refractivity contribution is -0.146. The van der Waals surface area contributed by atoms with Crippen molar-refractivity contribution in [3.63, 3.8) is 0 Å². The molecule has 1 saturated heterocycles. The Balaban J connectivity index is 1.79. The standard InChI is InChI=1S/C23H36N2O4/c1-12(22(2,3)4)21(29)25-11-15-17(23(15,5)6)18(25)16(26)10-14(9-13-7-8-13)19(27)20(24)28/h12-15,17-18H,7-11H2,1-6H3,(H2,24,28)/t12-,14?,15+,17+,18-/m1/s1. The van der Waals surface area contributed by atoms with E-state index in [1.165, 1.54) is 0 Å². The molecule has 0 aromatic carbocycles. The van der Waals surface area contributed by atoms with E-state index in [0.29, 0.717) is 24.8 Å². The topological polar surface area (TPSA) is 97.5 Å². The molecule has 29 heavy (non-hydrogen) atoms. The van der Waals surface area contributed by atoms with Gasteiger partial charge in [-0.2, -0.15) is 0 Å². The highest BCUT2D eigenvalue weighted by molar-refractivity contribution is 6.36. The van der Waals surface area contributed by atoms with Crippen LogP contribution in [0.15, 0.2) is 0 Å². The van der Waals surface area contributed by atoms with E-state index in [0.717, 1.165) is 12.8 Å². The number of hydrogen-bond donors (Lipinski definition) is 1. The van der Waals surface area contributed by atoms with Crippen molar-refractivity contribution in [3.8, 4) is 0 Å². The molecule has 1 heterocycles. The minimum absolute atomic E-state index is 0.00984. The van der Waals surface area contributed by atoms with Crippen molar-refractivity contribution < 1.29 is 19.2 Å². The molecule has 0 aromatic heterocycles. The van der Waals surface area contributed by atoms with Gasteiger partial charge in [-0.3, -0.25) is 19.2 Å². The summed E-state index contributed by atoms with van der Waals surface area (Å²) in [6.07, 6.45) is 2.62. The van der Waals surface area contributed by atoms with E-state index in [1.54, 1.807) is 4.90 Å². The van der Waals surface area contributed by atoms with Crippen molar-refractivity contribution in [2.75, 3.05) is 6.54 Å². The first-order valence-electron chi connectivity index (χ1n) is 10.9. The van der Waals surface area contributed by atoms with Crippen LogP contribution in [0.5, 0.6) is 0 Å². The van der Waals surface area contributed by atoms with Crippen molar-refractivity contribution in [1.82, 2.24) is 4.90 Å². The molecule has 3 aliphatic rings. The van der Waals surface area contributed by atoms with Gasteiger partial charge in [0.15, 0.2) is 5.78 Å². The molecule has 6 nitrogen and oxygen atoms in total. The molecule has 3 rings (SSSR count). The molecule has 2 N–H and O–H groups in total. The first-order valence-corrected chi connectivity index (χ1v) is 10.9. The zero-order chi connectivity index (χ0) is 21.9. The van der Waals surface area contributed by atoms with Crippen molar-refractivity contribution in [2.45, 2.75) is 73.3 Å². The van der Waals surface area contributed by atoms with E-state index >= 15 is 0 Å². The second-order valence-corrected chi connectivity index (χ2v) is 11.3. The number of piperidine rings is 1. The number of primary amides is 1. The molecule has 0 radical (unpaired) electrons. The second kappa shape index (κ2) is 7.21. The van der Waals surface area contributed by atoms with Crippen LogP contribution in [-0.2, 0) is 19.2 Å². The Kier molecular flexibility index (Phi) is 5.46. The quantitative estimate of drug-likeness (QED) is 0.629. The predicted octanol–water partition coefficient (Wildman–Crippen LogP) is 2.58. The van der Waals surface area contributed by atoms with Crippen LogP contribution in [0.1, 0.15) is 67.2 Å². The summed E-state index contributed by atoms with van der Waals surface area (Å²) in [4.78, 5) is 52.2. The fraction of sp³-hybridized carbons (Fsp3) is 0.826. The van der Waals surface area contributed by atoms with E-state index in [2.05, 4.69) is 13.8 Å². The summed E-state index contributed by atoms with van der Waals surface area (Å²) in [5.41, 5.74) is 5.08. The average molecular weight is 405 g/mol. The Bertz CT molecular complexity index is 732. The van der Waals surface area contributed by atoms with Crippen LogP contribution in [-0.4, -0.2) is 40.9 Å². The minimum atomic E-state index is -0.964. The third-order valence-electron chi connectivity index (χ3n) is 7.87. The molecule has 1 aliphatic heterocycles. The summed E-state index contributed by atoms with van der Waals surface area (Å²) in [7, 11) is 0. The lowest BCUT2D eigenvalue weighted by Gasteiger charge is -2.36. The first kappa shape index (κ1) is 22.0. The third-order valence-corrected chi connectivity index (χ3v) is 7.87. The van der Waals surface area contributed by atoms with Gasteiger partial charge in [-0.25, -0.2) is 0 Å². The van der Waals surface area contributed by atoms with Crippen LogP contribution >= 0.6 is 0 Å². The Hall–Kier alpha value is -1.72. The molecular weight excluding hydrogens is 368 g/mol. The normalized spacial score (nSPS) is 29.7. The summed E-state index contributed by atoms with van der Waals surface area (Å²) in [6.45, 7) is 12.9. The Morgan fingerprint density at radius 3 is 2.21 bits per heavy atom. The summed E-state index contributed by atoms with van der Waals surface area (Å²) < 4.78 is 0. The zero-order valence-electron chi connectivity index (χ0n) is 18.7. The average Bonchev–Trinajstić information content (AvgIpc) is 3.45. The largest absolute Gasteiger partial charge is 0.363 e. The third kappa shape index (κ3) is 4.13. The maximum absolute atomic E-state index is 13.4. The Morgan fingerprint density at radius 1 is 1.14 bits per heavy atom. The molecule has 2 aliphatic carbocycles. The SMILES string of the molecule is C[C@H](C(=O)N1C[C@H]2[C@@H]([C@H]1C(=O)CC(CC1CC1)C(=O)C(N)=O)C2(C)C)C(C)(C)C. The molecule has 1 unspecified atom stereocenters. The van der Waals surface area contributed by atoms with Crippen LogP contribution < -0.4 is 5.73 Å². The summed E-state index contributed by atoms with van der Waals surface area (Å²) in [6, 6.07) is -0.491. The fourth-order valence-corrected chi connectivity index (χ4v) is 5.11. The van der Waals surface area contributed by atoms with Gasteiger partial charge in [0.05, 0.1) is 6.04 Å². The maximum Gasteiger partial charge on any atom is 0.285 e. The fourth-order valence-electron chi connectivity index (χ4n) is 5.11. The van der Waals surface area contributed by atoms with Crippen molar-refractivity contribution in [2.24, 2.45) is 46.2 Å². The van der Waals surface area contributed by atoms with Gasteiger partial charge in [-0.05, 0) is 35.0 Å². The number of rotatable bonds is 8. The van der Waals surface area contributed by atoms with E-state index in [1.807, 2.05) is 27.7 Å². The Labute approximate surface area is 173 Å². The molecule has 0 aromatic rings. The monoisotopic (exact) mass is 404 g/mol. The smallest absolute Gasteiger partial charge is 0.285 e. The van der Waals surface area contributed by atoms with Crippen LogP contribution in [0.2, 0.25) is 0 Å². The number of likely N-dealkylation sites (tertiary alicyclic amines) is 1. The molecule has 2 saturated carbocycles. The van der Waals surface area contributed by atoms with Gasteiger partial charge in [-0.15, -0.1) is 0 Å². The number of hydrogen-bond acceptors (Lipinski definition) is 4.